The van der Waals surface area contributed by atoms with E-state index in [4.69, 9.17) is 4.52 Å². The molecule has 4 aromatic rings. The van der Waals surface area contributed by atoms with Gasteiger partial charge in [0.05, 0.1) is 11.3 Å². The van der Waals surface area contributed by atoms with Crippen LogP contribution in [-0.4, -0.2) is 25.0 Å². The van der Waals surface area contributed by atoms with Gasteiger partial charge < -0.3 is 4.52 Å². The number of rotatable bonds is 3. The lowest BCUT2D eigenvalue weighted by atomic mass is 10.1. The molecule has 3 heterocycles. The number of hydrogen-bond donors (Lipinski definition) is 0. The molecule has 0 aliphatic heterocycles. The van der Waals surface area contributed by atoms with Crippen LogP contribution < -0.4 is 0 Å². The Kier molecular flexibility index (Phi) is 3.79. The van der Waals surface area contributed by atoms with Crippen molar-refractivity contribution in [1.29, 1.82) is 0 Å². The van der Waals surface area contributed by atoms with Gasteiger partial charge in [-0.1, -0.05) is 28.6 Å². The fraction of sp³-hybridized carbons (Fsp3) is 0.250. The number of benzene rings is 1. The van der Waals surface area contributed by atoms with E-state index in [1.165, 1.54) is 17.4 Å². The number of alkyl halides is 3. The Morgan fingerprint density at radius 2 is 2.00 bits per heavy atom. The molecule has 0 atom stereocenters. The first-order valence-corrected chi connectivity index (χ1v) is 8.45. The highest BCUT2D eigenvalue weighted by molar-refractivity contribution is 7.19. The monoisotopic (exact) mass is 379 g/mol. The van der Waals surface area contributed by atoms with E-state index in [0.717, 1.165) is 23.4 Å². The van der Waals surface area contributed by atoms with E-state index in [-0.39, 0.29) is 0 Å². The minimum atomic E-state index is -4.40. The zero-order valence-electron chi connectivity index (χ0n) is 13.7. The van der Waals surface area contributed by atoms with Crippen LogP contribution in [0.2, 0.25) is 0 Å². The van der Waals surface area contributed by atoms with Gasteiger partial charge in [0.2, 0.25) is 4.96 Å². The molecule has 0 saturated heterocycles. The second kappa shape index (κ2) is 5.90. The molecule has 26 heavy (non-hydrogen) atoms. The summed E-state index contributed by atoms with van der Waals surface area (Å²) < 4.78 is 45.5. The number of nitrogens with zero attached hydrogens (tertiary/aromatic N) is 5. The molecule has 0 spiro atoms. The molecule has 0 N–H and O–H groups in total. The molecule has 134 valence electrons. The molecule has 4 rings (SSSR count). The van der Waals surface area contributed by atoms with E-state index in [1.807, 2.05) is 13.8 Å². The Hall–Kier alpha value is -2.75. The van der Waals surface area contributed by atoms with Gasteiger partial charge in [0.25, 0.3) is 0 Å². The third-order valence-electron chi connectivity index (χ3n) is 4.01. The van der Waals surface area contributed by atoms with Crippen LogP contribution >= 0.6 is 11.3 Å². The zero-order valence-corrected chi connectivity index (χ0v) is 14.5. The van der Waals surface area contributed by atoms with Crippen molar-refractivity contribution in [2.24, 2.45) is 0 Å². The molecule has 10 heteroatoms. The van der Waals surface area contributed by atoms with Crippen LogP contribution in [0.3, 0.4) is 0 Å². The van der Waals surface area contributed by atoms with Gasteiger partial charge in [-0.3, -0.25) is 0 Å². The maximum absolute atomic E-state index is 12.9. The molecule has 3 aromatic heterocycles. The number of hydrogen-bond acceptors (Lipinski definition) is 6. The first kappa shape index (κ1) is 16.7. The summed E-state index contributed by atoms with van der Waals surface area (Å²) in [6, 6.07) is 5.08. The first-order chi connectivity index (χ1) is 12.3. The second-order valence-corrected chi connectivity index (χ2v) is 6.73. The predicted molar refractivity (Wildman–Crippen MR) is 87.9 cm³/mol. The summed E-state index contributed by atoms with van der Waals surface area (Å²) in [6.45, 7) is 3.64. The van der Waals surface area contributed by atoms with Crippen LogP contribution in [0.1, 0.15) is 28.4 Å². The molecule has 0 bridgehead atoms. The van der Waals surface area contributed by atoms with Crippen molar-refractivity contribution in [3.8, 4) is 10.6 Å². The minimum Gasteiger partial charge on any atom is -0.361 e. The lowest BCUT2D eigenvalue weighted by Gasteiger charge is -2.06. The van der Waals surface area contributed by atoms with Crippen LogP contribution in [0.15, 0.2) is 28.8 Å². The van der Waals surface area contributed by atoms with Crippen LogP contribution in [0.5, 0.6) is 0 Å². The second-order valence-electron chi connectivity index (χ2n) is 5.78. The van der Waals surface area contributed by atoms with Gasteiger partial charge in [-0.15, -0.1) is 10.2 Å². The lowest BCUT2D eigenvalue weighted by molar-refractivity contribution is -0.137. The van der Waals surface area contributed by atoms with Gasteiger partial charge in [0.1, 0.15) is 10.8 Å². The number of halogens is 3. The van der Waals surface area contributed by atoms with Crippen molar-refractivity contribution in [3.63, 3.8) is 0 Å². The van der Waals surface area contributed by atoms with E-state index in [0.29, 0.717) is 33.5 Å². The van der Waals surface area contributed by atoms with Gasteiger partial charge in [-0.05, 0) is 26.0 Å². The SMILES string of the molecule is Cc1noc(C)c1Cc1nnc2sc(-c3cccc(C(F)(F)F)c3)nn12. The highest BCUT2D eigenvalue weighted by Crippen LogP contribution is 2.33. The lowest BCUT2D eigenvalue weighted by Crippen LogP contribution is -2.04. The Morgan fingerprint density at radius 3 is 2.69 bits per heavy atom. The van der Waals surface area contributed by atoms with Crippen LogP contribution in [-0.2, 0) is 12.6 Å². The molecule has 0 radical (unpaired) electrons. The van der Waals surface area contributed by atoms with E-state index >= 15 is 0 Å². The topological polar surface area (TPSA) is 69.1 Å². The number of aryl methyl sites for hydroxylation is 2. The highest BCUT2D eigenvalue weighted by Gasteiger charge is 2.30. The maximum Gasteiger partial charge on any atom is 0.416 e. The number of aromatic nitrogens is 5. The standard InChI is InChI=1S/C16H12F3N5OS/c1-8-12(9(2)25-23-8)7-13-20-21-15-24(13)22-14(26-15)10-4-3-5-11(6-10)16(17,18)19/h3-6H,7H2,1-2H3. The average Bonchev–Trinajstić information content (AvgIpc) is 3.26. The first-order valence-electron chi connectivity index (χ1n) is 7.63. The third kappa shape index (κ3) is 2.85. The Bertz CT molecular complexity index is 1080. The highest BCUT2D eigenvalue weighted by atomic mass is 32.1. The van der Waals surface area contributed by atoms with Crippen LogP contribution in [0.4, 0.5) is 13.2 Å². The molecule has 0 unspecified atom stereocenters. The predicted octanol–water partition coefficient (Wildman–Crippen LogP) is 4.07. The summed E-state index contributed by atoms with van der Waals surface area (Å²) in [6.07, 6.45) is -3.97. The third-order valence-corrected chi connectivity index (χ3v) is 4.96. The van der Waals surface area contributed by atoms with Crippen molar-refractivity contribution in [2.45, 2.75) is 26.4 Å². The largest absolute Gasteiger partial charge is 0.416 e. The number of fused-ring (bicyclic) bond motifs is 1. The average molecular weight is 379 g/mol. The van der Waals surface area contributed by atoms with Crippen molar-refractivity contribution < 1.29 is 17.7 Å². The van der Waals surface area contributed by atoms with Crippen molar-refractivity contribution >= 4 is 16.3 Å². The molecule has 0 amide bonds. The Labute approximate surface area is 149 Å². The minimum absolute atomic E-state index is 0.388. The Balaban J connectivity index is 1.73. The zero-order chi connectivity index (χ0) is 18.5. The van der Waals surface area contributed by atoms with Crippen molar-refractivity contribution in [1.82, 2.24) is 25.0 Å². The van der Waals surface area contributed by atoms with E-state index in [2.05, 4.69) is 20.5 Å². The molecule has 0 aliphatic carbocycles. The fourth-order valence-corrected chi connectivity index (χ4v) is 3.48. The molecule has 0 aliphatic rings. The quantitative estimate of drug-likeness (QED) is 0.537. The summed E-state index contributed by atoms with van der Waals surface area (Å²) in [4.78, 5) is 0.513. The molecular formula is C16H12F3N5OS. The van der Waals surface area contributed by atoms with Gasteiger partial charge in [-0.2, -0.15) is 22.8 Å². The van der Waals surface area contributed by atoms with Gasteiger partial charge >= 0.3 is 6.18 Å². The summed E-state index contributed by atoms with van der Waals surface area (Å²) >= 11 is 1.18. The van der Waals surface area contributed by atoms with Gasteiger partial charge in [0.15, 0.2) is 5.82 Å². The summed E-state index contributed by atoms with van der Waals surface area (Å²) in [5, 5.41) is 16.9. The van der Waals surface area contributed by atoms with Gasteiger partial charge in [0, 0.05) is 17.5 Å². The summed E-state index contributed by atoms with van der Waals surface area (Å²) in [5.74, 6) is 1.26. The normalized spacial score (nSPS) is 12.2. The maximum atomic E-state index is 12.9. The van der Waals surface area contributed by atoms with E-state index < -0.39 is 11.7 Å². The molecule has 6 nitrogen and oxygen atoms in total. The summed E-state index contributed by atoms with van der Waals surface area (Å²) in [7, 11) is 0. The molecule has 1 aromatic carbocycles. The van der Waals surface area contributed by atoms with E-state index in [9.17, 15) is 13.2 Å². The van der Waals surface area contributed by atoms with E-state index in [1.54, 1.807) is 10.6 Å². The molecule has 0 fully saturated rings. The smallest absolute Gasteiger partial charge is 0.361 e. The van der Waals surface area contributed by atoms with Gasteiger partial charge in [-0.25, -0.2) is 0 Å². The fourth-order valence-electron chi connectivity index (χ4n) is 2.63. The van der Waals surface area contributed by atoms with Crippen molar-refractivity contribution in [3.05, 3.63) is 52.7 Å². The van der Waals surface area contributed by atoms with Crippen molar-refractivity contribution in [2.75, 3.05) is 0 Å². The Morgan fingerprint density at radius 1 is 1.19 bits per heavy atom. The molecular weight excluding hydrogens is 367 g/mol. The molecule has 0 saturated carbocycles. The van der Waals surface area contributed by atoms with Crippen LogP contribution in [0.25, 0.3) is 15.5 Å². The van der Waals surface area contributed by atoms with Crippen LogP contribution in [0, 0.1) is 13.8 Å². The summed E-state index contributed by atoms with van der Waals surface area (Å²) in [5.41, 5.74) is 1.33.